The highest BCUT2D eigenvalue weighted by Crippen LogP contribution is 2.08. The Kier molecular flexibility index (Phi) is 8.87. The van der Waals surface area contributed by atoms with Gasteiger partial charge in [-0.25, -0.2) is 4.79 Å². The van der Waals surface area contributed by atoms with Crippen LogP contribution in [0.4, 0.5) is 4.79 Å². The van der Waals surface area contributed by atoms with Crippen molar-refractivity contribution in [1.29, 1.82) is 0 Å². The van der Waals surface area contributed by atoms with E-state index in [0.29, 0.717) is 0 Å². The SMILES string of the molecule is CC(C)C[C@H](NC(=O)[C@H](Cc1ccccc1)NC(=O)OCc1ccccc1)C(=O)[O-]. The molecule has 0 spiro atoms. The zero-order chi connectivity index (χ0) is 21.9. The lowest BCUT2D eigenvalue weighted by atomic mass is 10.0. The summed E-state index contributed by atoms with van der Waals surface area (Å²) in [4.78, 5) is 36.5. The average molecular weight is 411 g/mol. The van der Waals surface area contributed by atoms with Crippen molar-refractivity contribution in [2.75, 3.05) is 0 Å². The van der Waals surface area contributed by atoms with Crippen LogP contribution in [0.2, 0.25) is 0 Å². The molecule has 0 radical (unpaired) electrons. The maximum absolute atomic E-state index is 12.8. The van der Waals surface area contributed by atoms with Crippen molar-refractivity contribution in [2.45, 2.75) is 45.4 Å². The predicted molar refractivity (Wildman–Crippen MR) is 110 cm³/mol. The van der Waals surface area contributed by atoms with E-state index in [1.54, 1.807) is 0 Å². The Labute approximate surface area is 176 Å². The Morgan fingerprint density at radius 1 is 0.867 bits per heavy atom. The summed E-state index contributed by atoms with van der Waals surface area (Å²) in [7, 11) is 0. The summed E-state index contributed by atoms with van der Waals surface area (Å²) in [5, 5.41) is 16.4. The highest BCUT2D eigenvalue weighted by atomic mass is 16.5. The van der Waals surface area contributed by atoms with E-state index in [2.05, 4.69) is 10.6 Å². The minimum absolute atomic E-state index is 0.0459. The number of benzene rings is 2. The molecule has 7 heteroatoms. The van der Waals surface area contributed by atoms with E-state index in [0.717, 1.165) is 11.1 Å². The smallest absolute Gasteiger partial charge is 0.408 e. The number of carboxylic acids is 1. The fourth-order valence-corrected chi connectivity index (χ4v) is 2.92. The molecule has 0 saturated heterocycles. The van der Waals surface area contributed by atoms with Crippen LogP contribution in [-0.2, 0) is 27.4 Å². The molecule has 2 amide bonds. The fourth-order valence-electron chi connectivity index (χ4n) is 2.92. The largest absolute Gasteiger partial charge is 0.548 e. The molecule has 0 unspecified atom stereocenters. The van der Waals surface area contributed by atoms with Crippen LogP contribution in [0.1, 0.15) is 31.4 Å². The van der Waals surface area contributed by atoms with Crippen LogP contribution in [0.5, 0.6) is 0 Å². The number of carboxylic acid groups (broad SMARTS) is 1. The second-order valence-corrected chi connectivity index (χ2v) is 7.46. The van der Waals surface area contributed by atoms with E-state index >= 15 is 0 Å². The lowest BCUT2D eigenvalue weighted by Gasteiger charge is -2.25. The number of hydrogen-bond acceptors (Lipinski definition) is 5. The average Bonchev–Trinajstić information content (AvgIpc) is 2.72. The van der Waals surface area contributed by atoms with Gasteiger partial charge >= 0.3 is 6.09 Å². The van der Waals surface area contributed by atoms with Crippen LogP contribution in [0.25, 0.3) is 0 Å². The topological polar surface area (TPSA) is 108 Å². The highest BCUT2D eigenvalue weighted by Gasteiger charge is 2.25. The Morgan fingerprint density at radius 2 is 1.43 bits per heavy atom. The summed E-state index contributed by atoms with van der Waals surface area (Å²) < 4.78 is 5.20. The van der Waals surface area contributed by atoms with Gasteiger partial charge in [-0.1, -0.05) is 74.5 Å². The number of aliphatic carboxylic acids is 1. The van der Waals surface area contributed by atoms with Crippen LogP contribution in [0.15, 0.2) is 60.7 Å². The van der Waals surface area contributed by atoms with Gasteiger partial charge in [-0.2, -0.15) is 0 Å². The molecule has 2 rings (SSSR count). The van der Waals surface area contributed by atoms with E-state index in [9.17, 15) is 19.5 Å². The third kappa shape index (κ3) is 7.95. The third-order valence-corrected chi connectivity index (χ3v) is 4.41. The second-order valence-electron chi connectivity index (χ2n) is 7.46. The maximum atomic E-state index is 12.8. The van der Waals surface area contributed by atoms with Gasteiger partial charge < -0.3 is 25.3 Å². The third-order valence-electron chi connectivity index (χ3n) is 4.41. The number of rotatable bonds is 10. The lowest BCUT2D eigenvalue weighted by Crippen LogP contribution is -2.55. The van der Waals surface area contributed by atoms with Gasteiger partial charge in [-0.15, -0.1) is 0 Å². The van der Waals surface area contributed by atoms with Gasteiger partial charge in [0, 0.05) is 6.42 Å². The Balaban J connectivity index is 2.06. The minimum Gasteiger partial charge on any atom is -0.548 e. The zero-order valence-electron chi connectivity index (χ0n) is 17.2. The molecule has 7 nitrogen and oxygen atoms in total. The van der Waals surface area contributed by atoms with Gasteiger partial charge in [0.25, 0.3) is 0 Å². The molecule has 2 N–H and O–H groups in total. The summed E-state index contributed by atoms with van der Waals surface area (Å²) in [5.74, 6) is -1.92. The molecular formula is C23H27N2O5-. The van der Waals surface area contributed by atoms with Gasteiger partial charge in [0.2, 0.25) is 5.91 Å². The number of alkyl carbamates (subject to hydrolysis) is 1. The first-order valence-electron chi connectivity index (χ1n) is 9.87. The first kappa shape index (κ1) is 22.9. The number of ether oxygens (including phenoxy) is 1. The van der Waals surface area contributed by atoms with Gasteiger partial charge in [0.1, 0.15) is 12.6 Å². The molecule has 0 saturated carbocycles. The van der Waals surface area contributed by atoms with E-state index in [4.69, 9.17) is 4.74 Å². The molecule has 0 aliphatic carbocycles. The first-order chi connectivity index (χ1) is 14.3. The highest BCUT2D eigenvalue weighted by molar-refractivity contribution is 5.89. The molecule has 2 aromatic rings. The van der Waals surface area contributed by atoms with Crippen molar-refractivity contribution in [3.63, 3.8) is 0 Å². The second kappa shape index (κ2) is 11.6. The monoisotopic (exact) mass is 411 g/mol. The predicted octanol–water partition coefficient (Wildman–Crippen LogP) is 1.80. The van der Waals surface area contributed by atoms with Gasteiger partial charge in [-0.05, 0) is 23.5 Å². The van der Waals surface area contributed by atoms with E-state index in [1.807, 2.05) is 74.5 Å². The van der Waals surface area contributed by atoms with Crippen LogP contribution in [0.3, 0.4) is 0 Å². The minimum atomic E-state index is -1.36. The molecule has 30 heavy (non-hydrogen) atoms. The van der Waals surface area contributed by atoms with Gasteiger partial charge in [0.05, 0.1) is 12.0 Å². The Hall–Kier alpha value is -3.35. The van der Waals surface area contributed by atoms with Crippen molar-refractivity contribution in [3.05, 3.63) is 71.8 Å². The Bertz CT molecular complexity index is 824. The van der Waals surface area contributed by atoms with Crippen LogP contribution in [0, 0.1) is 5.92 Å². The molecule has 0 heterocycles. The lowest BCUT2D eigenvalue weighted by molar-refractivity contribution is -0.308. The summed E-state index contributed by atoms with van der Waals surface area (Å²) in [6.45, 7) is 3.76. The van der Waals surface area contributed by atoms with Crippen molar-refractivity contribution >= 4 is 18.0 Å². The standard InChI is InChI=1S/C23H28N2O5/c1-16(2)13-20(22(27)28)24-21(26)19(14-17-9-5-3-6-10-17)25-23(29)30-15-18-11-7-4-8-12-18/h3-12,16,19-20H,13-15H2,1-2H3,(H,24,26)(H,25,29)(H,27,28)/p-1/t19-,20-/m0/s1. The van der Waals surface area contributed by atoms with Gasteiger partial charge in [0.15, 0.2) is 0 Å². The molecule has 0 bridgehead atoms. The summed E-state index contributed by atoms with van der Waals surface area (Å²) >= 11 is 0. The number of carbonyl (C=O) groups excluding carboxylic acids is 3. The molecule has 2 atom stereocenters. The summed E-state index contributed by atoms with van der Waals surface area (Å²) in [5.41, 5.74) is 1.63. The Morgan fingerprint density at radius 3 is 1.97 bits per heavy atom. The van der Waals surface area contributed by atoms with Crippen molar-refractivity contribution in [2.24, 2.45) is 5.92 Å². The number of hydrogen-bond donors (Lipinski definition) is 2. The molecular weight excluding hydrogens is 384 g/mol. The van der Waals surface area contributed by atoms with E-state index < -0.39 is 30.1 Å². The van der Waals surface area contributed by atoms with Crippen molar-refractivity contribution < 1.29 is 24.2 Å². The quantitative estimate of drug-likeness (QED) is 0.620. The van der Waals surface area contributed by atoms with Crippen LogP contribution < -0.4 is 15.7 Å². The molecule has 160 valence electrons. The fraction of sp³-hybridized carbons (Fsp3) is 0.348. The van der Waals surface area contributed by atoms with E-state index in [-0.39, 0.29) is 25.4 Å². The van der Waals surface area contributed by atoms with Crippen LogP contribution >= 0.6 is 0 Å². The summed E-state index contributed by atoms with van der Waals surface area (Å²) in [6, 6.07) is 16.1. The molecule has 0 aliphatic rings. The first-order valence-corrected chi connectivity index (χ1v) is 9.87. The van der Waals surface area contributed by atoms with Gasteiger partial charge in [-0.3, -0.25) is 4.79 Å². The molecule has 0 aliphatic heterocycles. The number of amides is 2. The maximum Gasteiger partial charge on any atom is 0.408 e. The molecule has 2 aromatic carbocycles. The summed E-state index contributed by atoms with van der Waals surface area (Å²) in [6.07, 6.45) is -0.345. The van der Waals surface area contributed by atoms with Crippen molar-refractivity contribution in [3.8, 4) is 0 Å². The number of carbonyl (C=O) groups is 3. The molecule has 0 fully saturated rings. The van der Waals surface area contributed by atoms with Crippen LogP contribution in [-0.4, -0.2) is 30.1 Å². The zero-order valence-corrected chi connectivity index (χ0v) is 17.2. The number of nitrogens with one attached hydrogen (secondary N) is 2. The molecule has 0 aromatic heterocycles. The van der Waals surface area contributed by atoms with Crippen molar-refractivity contribution in [1.82, 2.24) is 10.6 Å². The normalized spacial score (nSPS) is 12.6. The van der Waals surface area contributed by atoms with E-state index in [1.165, 1.54) is 0 Å².